The summed E-state index contributed by atoms with van der Waals surface area (Å²) in [5.41, 5.74) is 6.63. The Labute approximate surface area is 285 Å². The number of hydrogen-bond acceptors (Lipinski definition) is 4. The van der Waals surface area contributed by atoms with E-state index in [1.807, 2.05) is 11.3 Å². The van der Waals surface area contributed by atoms with Crippen LogP contribution in [0, 0.1) is 0 Å². The van der Waals surface area contributed by atoms with Gasteiger partial charge in [0.05, 0.1) is 9.72 Å². The lowest BCUT2D eigenvalue weighted by atomic mass is 10.1. The minimum absolute atomic E-state index is 0.775. The molecule has 0 aliphatic carbocycles. The van der Waals surface area contributed by atoms with E-state index < -0.39 is 0 Å². The van der Waals surface area contributed by atoms with Crippen molar-refractivity contribution in [3.05, 3.63) is 169 Å². The molecule has 0 unspecified atom stereocenters. The molecule has 0 spiro atoms. The van der Waals surface area contributed by atoms with Crippen molar-refractivity contribution in [3.8, 4) is 0 Å². The van der Waals surface area contributed by atoms with Crippen LogP contribution < -0.4 is 9.80 Å². The van der Waals surface area contributed by atoms with Crippen molar-refractivity contribution in [2.45, 2.75) is 0 Å². The molecule has 9 aromatic rings. The van der Waals surface area contributed by atoms with Gasteiger partial charge in [-0.1, -0.05) is 90.5 Å². The lowest BCUT2D eigenvalue weighted by Crippen LogP contribution is -2.09. The smallest absolute Gasteiger partial charge is 0.0605 e. The van der Waals surface area contributed by atoms with Crippen molar-refractivity contribution in [3.63, 3.8) is 0 Å². The van der Waals surface area contributed by atoms with Gasteiger partial charge in [0.2, 0.25) is 0 Å². The molecule has 2 nitrogen and oxygen atoms in total. The maximum Gasteiger partial charge on any atom is 0.0605 e. The molecular formula is C42H27ClN2S2. The Kier molecular flexibility index (Phi) is 6.93. The van der Waals surface area contributed by atoms with Gasteiger partial charge in [0, 0.05) is 69.8 Å². The second-order valence-electron chi connectivity index (χ2n) is 11.5. The number of halogens is 1. The molecule has 0 amide bonds. The Morgan fingerprint density at radius 2 is 0.851 bits per heavy atom. The summed E-state index contributed by atoms with van der Waals surface area (Å²) in [7, 11) is 0. The Hall–Kier alpha value is -5.13. The van der Waals surface area contributed by atoms with Gasteiger partial charge in [0.1, 0.15) is 0 Å². The zero-order chi connectivity index (χ0) is 31.3. The fraction of sp³-hybridized carbons (Fsp3) is 0. The van der Waals surface area contributed by atoms with Crippen LogP contribution in [0.5, 0.6) is 0 Å². The Morgan fingerprint density at radius 3 is 1.53 bits per heavy atom. The van der Waals surface area contributed by atoms with E-state index in [0.29, 0.717) is 0 Å². The molecule has 0 saturated heterocycles. The number of fused-ring (bicyclic) bond motifs is 6. The molecule has 5 heteroatoms. The molecule has 0 radical (unpaired) electrons. The van der Waals surface area contributed by atoms with Gasteiger partial charge in [-0.25, -0.2) is 0 Å². The molecule has 224 valence electrons. The van der Waals surface area contributed by atoms with Gasteiger partial charge in [0.15, 0.2) is 0 Å². The third-order valence-electron chi connectivity index (χ3n) is 8.67. The van der Waals surface area contributed by atoms with E-state index in [1.54, 1.807) is 11.3 Å². The van der Waals surface area contributed by atoms with Gasteiger partial charge < -0.3 is 9.80 Å². The molecule has 2 aromatic heterocycles. The Bertz CT molecular complexity index is 2500. The first kappa shape index (κ1) is 28.1. The van der Waals surface area contributed by atoms with Crippen LogP contribution in [-0.2, 0) is 0 Å². The monoisotopic (exact) mass is 658 g/mol. The lowest BCUT2D eigenvalue weighted by Gasteiger charge is -2.26. The normalized spacial score (nSPS) is 11.5. The predicted molar refractivity (Wildman–Crippen MR) is 207 cm³/mol. The summed E-state index contributed by atoms with van der Waals surface area (Å²) in [6.07, 6.45) is 0. The molecule has 0 aliphatic rings. The minimum Gasteiger partial charge on any atom is -0.310 e. The summed E-state index contributed by atoms with van der Waals surface area (Å²) < 4.78 is 4.88. The topological polar surface area (TPSA) is 6.48 Å². The number of nitrogens with zero attached hydrogens (tertiary/aromatic N) is 2. The van der Waals surface area contributed by atoms with Crippen LogP contribution in [0.15, 0.2) is 164 Å². The molecule has 0 bridgehead atoms. The molecular weight excluding hydrogens is 632 g/mol. The van der Waals surface area contributed by atoms with E-state index >= 15 is 0 Å². The molecule has 0 aliphatic heterocycles. The highest BCUT2D eigenvalue weighted by Gasteiger charge is 2.19. The van der Waals surface area contributed by atoms with E-state index in [1.165, 1.54) is 35.6 Å². The molecule has 0 N–H and O–H groups in total. The maximum atomic E-state index is 7.01. The first-order chi connectivity index (χ1) is 23.2. The summed E-state index contributed by atoms with van der Waals surface area (Å²) >= 11 is 10.6. The van der Waals surface area contributed by atoms with Gasteiger partial charge in [0.25, 0.3) is 0 Å². The van der Waals surface area contributed by atoms with Gasteiger partial charge in [-0.3, -0.25) is 0 Å². The van der Waals surface area contributed by atoms with E-state index in [-0.39, 0.29) is 0 Å². The van der Waals surface area contributed by atoms with Crippen molar-refractivity contribution in [1.82, 2.24) is 0 Å². The zero-order valence-corrected chi connectivity index (χ0v) is 27.6. The summed E-state index contributed by atoms with van der Waals surface area (Å²) in [6.45, 7) is 0. The number of thiophene rings is 2. The molecule has 2 heterocycles. The van der Waals surface area contributed by atoms with E-state index in [9.17, 15) is 0 Å². The fourth-order valence-corrected chi connectivity index (χ4v) is 9.10. The first-order valence-electron chi connectivity index (χ1n) is 15.5. The van der Waals surface area contributed by atoms with Crippen LogP contribution in [0.1, 0.15) is 0 Å². The Morgan fingerprint density at radius 1 is 0.340 bits per heavy atom. The SMILES string of the molecule is Clc1cc(N(c2ccccc2)c2ccc3c(c2)sc2ccc(N(c4ccccc4)c4ccccc4)cc23)cc2c1sc1ccccc12. The number of para-hydroxylation sites is 3. The van der Waals surface area contributed by atoms with Crippen LogP contribution in [0.3, 0.4) is 0 Å². The second kappa shape index (κ2) is 11.6. The Balaban J connectivity index is 1.19. The molecule has 47 heavy (non-hydrogen) atoms. The number of anilines is 6. The van der Waals surface area contributed by atoms with Gasteiger partial charge in [-0.05, 0) is 84.9 Å². The lowest BCUT2D eigenvalue weighted by molar-refractivity contribution is 1.29. The van der Waals surface area contributed by atoms with Gasteiger partial charge >= 0.3 is 0 Å². The second-order valence-corrected chi connectivity index (χ2v) is 14.1. The maximum absolute atomic E-state index is 7.01. The third-order valence-corrected chi connectivity index (χ3v) is 11.4. The van der Waals surface area contributed by atoms with Crippen LogP contribution in [0.2, 0.25) is 5.02 Å². The van der Waals surface area contributed by atoms with Crippen LogP contribution in [-0.4, -0.2) is 0 Å². The molecule has 0 fully saturated rings. The molecule has 7 aromatic carbocycles. The standard InChI is InChI=1S/C42H27ClN2S2/c43-38-26-33(25-37-34-18-10-11-19-39(34)47-42(37)38)45(30-16-8-3-9-17-30)32-20-22-35-36-24-31(21-23-40(36)46-41(35)27-32)44(28-12-4-1-5-13-28)29-14-6-2-7-15-29/h1-27H. The largest absolute Gasteiger partial charge is 0.310 e. The number of benzene rings is 7. The number of rotatable bonds is 6. The zero-order valence-electron chi connectivity index (χ0n) is 25.2. The van der Waals surface area contributed by atoms with Gasteiger partial charge in [-0.2, -0.15) is 0 Å². The molecule has 0 atom stereocenters. The summed E-state index contributed by atoms with van der Waals surface area (Å²) in [6, 6.07) is 58.3. The minimum atomic E-state index is 0.775. The summed E-state index contributed by atoms with van der Waals surface area (Å²) in [4.78, 5) is 4.64. The van der Waals surface area contributed by atoms with Crippen LogP contribution >= 0.6 is 34.3 Å². The van der Waals surface area contributed by atoms with Crippen LogP contribution in [0.25, 0.3) is 40.3 Å². The average Bonchev–Trinajstić information content (AvgIpc) is 3.68. The van der Waals surface area contributed by atoms with E-state index in [2.05, 4.69) is 174 Å². The quantitative estimate of drug-likeness (QED) is 0.175. The molecule has 9 rings (SSSR count). The molecule has 0 saturated carbocycles. The van der Waals surface area contributed by atoms with Gasteiger partial charge in [-0.15, -0.1) is 22.7 Å². The highest BCUT2D eigenvalue weighted by atomic mass is 35.5. The van der Waals surface area contributed by atoms with E-state index in [4.69, 9.17) is 11.6 Å². The average molecular weight is 659 g/mol. The van der Waals surface area contributed by atoms with Crippen molar-refractivity contribution < 1.29 is 0 Å². The summed E-state index contributed by atoms with van der Waals surface area (Å²) in [5, 5.41) is 5.70. The summed E-state index contributed by atoms with van der Waals surface area (Å²) in [5.74, 6) is 0. The highest BCUT2D eigenvalue weighted by Crippen LogP contribution is 2.46. The number of hydrogen-bond donors (Lipinski definition) is 0. The van der Waals surface area contributed by atoms with E-state index in [0.717, 1.165) is 43.8 Å². The van der Waals surface area contributed by atoms with Crippen molar-refractivity contribution in [2.24, 2.45) is 0 Å². The van der Waals surface area contributed by atoms with Crippen molar-refractivity contribution >= 4 is 109 Å². The van der Waals surface area contributed by atoms with Crippen LogP contribution in [0.4, 0.5) is 34.1 Å². The third kappa shape index (κ3) is 4.93. The fourth-order valence-electron chi connectivity index (χ4n) is 6.56. The highest BCUT2D eigenvalue weighted by molar-refractivity contribution is 7.26. The predicted octanol–water partition coefficient (Wildman–Crippen LogP) is 14.0. The van der Waals surface area contributed by atoms with Crippen molar-refractivity contribution in [2.75, 3.05) is 9.80 Å². The first-order valence-corrected chi connectivity index (χ1v) is 17.5. The van der Waals surface area contributed by atoms with Crippen molar-refractivity contribution in [1.29, 1.82) is 0 Å².